The third-order valence-corrected chi connectivity index (χ3v) is 4.76. The van der Waals surface area contributed by atoms with Crippen LogP contribution in [-0.2, 0) is 13.0 Å². The maximum Gasteiger partial charge on any atom is 0.0233 e. The molecule has 2 aromatic carbocycles. The van der Waals surface area contributed by atoms with E-state index in [-0.39, 0.29) is 0 Å². The molecule has 116 valence electrons. The van der Waals surface area contributed by atoms with Gasteiger partial charge in [-0.2, -0.15) is 0 Å². The van der Waals surface area contributed by atoms with Gasteiger partial charge < -0.3 is 0 Å². The summed E-state index contributed by atoms with van der Waals surface area (Å²) in [5.74, 6) is 0.859. The van der Waals surface area contributed by atoms with Gasteiger partial charge in [0.1, 0.15) is 0 Å². The molecular formula is C21H27N. The number of benzene rings is 2. The second-order valence-electron chi connectivity index (χ2n) is 6.91. The molecule has 1 nitrogen and oxygen atoms in total. The molecule has 1 heterocycles. The Labute approximate surface area is 135 Å². The van der Waals surface area contributed by atoms with Gasteiger partial charge in [0.05, 0.1) is 0 Å². The normalized spacial score (nSPS) is 16.8. The van der Waals surface area contributed by atoms with E-state index in [0.29, 0.717) is 0 Å². The third-order valence-electron chi connectivity index (χ3n) is 4.76. The van der Waals surface area contributed by atoms with E-state index in [2.05, 4.69) is 67.3 Å². The van der Waals surface area contributed by atoms with Crippen molar-refractivity contribution >= 4 is 0 Å². The number of hydrogen-bond acceptors (Lipinski definition) is 1. The fourth-order valence-corrected chi connectivity index (χ4v) is 3.71. The Morgan fingerprint density at radius 2 is 1.50 bits per heavy atom. The minimum Gasteiger partial charge on any atom is -0.299 e. The first-order chi connectivity index (χ1) is 10.7. The minimum atomic E-state index is 0.859. The first-order valence-corrected chi connectivity index (χ1v) is 8.52. The van der Waals surface area contributed by atoms with Crippen molar-refractivity contribution in [1.29, 1.82) is 0 Å². The van der Waals surface area contributed by atoms with Crippen LogP contribution in [0, 0.1) is 19.8 Å². The van der Waals surface area contributed by atoms with Crippen LogP contribution in [-0.4, -0.2) is 18.0 Å². The Bertz CT molecular complexity index is 574. The maximum atomic E-state index is 2.62. The van der Waals surface area contributed by atoms with Crippen LogP contribution in [0.15, 0.2) is 48.5 Å². The highest BCUT2D eigenvalue weighted by Crippen LogP contribution is 2.23. The molecule has 1 aliphatic heterocycles. The molecule has 0 unspecified atom stereocenters. The van der Waals surface area contributed by atoms with Gasteiger partial charge in [-0.15, -0.1) is 0 Å². The highest BCUT2D eigenvalue weighted by atomic mass is 15.1. The molecule has 3 rings (SSSR count). The fourth-order valence-electron chi connectivity index (χ4n) is 3.71. The van der Waals surface area contributed by atoms with E-state index in [1.54, 1.807) is 0 Å². The van der Waals surface area contributed by atoms with Crippen LogP contribution < -0.4 is 0 Å². The largest absolute Gasteiger partial charge is 0.299 e. The van der Waals surface area contributed by atoms with E-state index in [1.165, 1.54) is 54.6 Å². The minimum absolute atomic E-state index is 0.859. The smallest absolute Gasteiger partial charge is 0.0233 e. The Morgan fingerprint density at radius 3 is 2.14 bits per heavy atom. The number of rotatable bonds is 4. The topological polar surface area (TPSA) is 3.24 Å². The van der Waals surface area contributed by atoms with Gasteiger partial charge in [0.25, 0.3) is 0 Å². The molecule has 2 aromatic rings. The van der Waals surface area contributed by atoms with Crippen LogP contribution in [0.2, 0.25) is 0 Å². The Hall–Kier alpha value is -1.60. The molecule has 1 aliphatic rings. The lowest BCUT2D eigenvalue weighted by atomic mass is 9.90. The molecule has 0 radical (unpaired) electrons. The van der Waals surface area contributed by atoms with Crippen LogP contribution in [0.5, 0.6) is 0 Å². The molecule has 0 aromatic heterocycles. The summed E-state index contributed by atoms with van der Waals surface area (Å²) in [6.07, 6.45) is 3.91. The summed E-state index contributed by atoms with van der Waals surface area (Å²) < 4.78 is 0. The van der Waals surface area contributed by atoms with Crippen molar-refractivity contribution in [2.75, 3.05) is 13.1 Å². The predicted octanol–water partition coefficient (Wildman–Crippen LogP) is 4.76. The van der Waals surface area contributed by atoms with Gasteiger partial charge in [-0.25, -0.2) is 0 Å². The number of piperidine rings is 1. The van der Waals surface area contributed by atoms with Gasteiger partial charge in [-0.3, -0.25) is 4.90 Å². The first-order valence-electron chi connectivity index (χ1n) is 8.52. The van der Waals surface area contributed by atoms with Crippen LogP contribution in [0.4, 0.5) is 0 Å². The van der Waals surface area contributed by atoms with Crippen molar-refractivity contribution in [3.63, 3.8) is 0 Å². The molecule has 1 saturated heterocycles. The van der Waals surface area contributed by atoms with E-state index >= 15 is 0 Å². The van der Waals surface area contributed by atoms with E-state index in [9.17, 15) is 0 Å². The lowest BCUT2D eigenvalue weighted by Crippen LogP contribution is -2.33. The lowest BCUT2D eigenvalue weighted by molar-refractivity contribution is 0.177. The lowest BCUT2D eigenvalue weighted by Gasteiger charge is -2.32. The van der Waals surface area contributed by atoms with Gasteiger partial charge in [0, 0.05) is 6.54 Å². The van der Waals surface area contributed by atoms with Gasteiger partial charge in [-0.05, 0) is 63.2 Å². The van der Waals surface area contributed by atoms with E-state index in [4.69, 9.17) is 0 Å². The van der Waals surface area contributed by atoms with Crippen molar-refractivity contribution in [3.05, 3.63) is 70.8 Å². The molecule has 0 aliphatic carbocycles. The quantitative estimate of drug-likeness (QED) is 0.785. The molecule has 22 heavy (non-hydrogen) atoms. The van der Waals surface area contributed by atoms with Crippen LogP contribution in [0.3, 0.4) is 0 Å². The monoisotopic (exact) mass is 293 g/mol. The zero-order valence-corrected chi connectivity index (χ0v) is 13.9. The standard InChI is InChI=1S/C21H27N/c1-17-12-18(2)14-21(13-17)16-22-10-8-20(9-11-22)15-19-6-4-3-5-7-19/h3-7,12-14,20H,8-11,15-16H2,1-2H3. The SMILES string of the molecule is Cc1cc(C)cc(CN2CCC(Cc3ccccc3)CC2)c1. The van der Waals surface area contributed by atoms with Crippen molar-refractivity contribution in [3.8, 4) is 0 Å². The summed E-state index contributed by atoms with van der Waals surface area (Å²) in [5.41, 5.74) is 5.73. The average molecular weight is 293 g/mol. The Morgan fingerprint density at radius 1 is 0.864 bits per heavy atom. The summed E-state index contributed by atoms with van der Waals surface area (Å²) in [7, 11) is 0. The van der Waals surface area contributed by atoms with E-state index in [0.717, 1.165) is 12.5 Å². The average Bonchev–Trinajstić information content (AvgIpc) is 2.49. The van der Waals surface area contributed by atoms with Crippen molar-refractivity contribution < 1.29 is 0 Å². The van der Waals surface area contributed by atoms with Gasteiger partial charge in [-0.1, -0.05) is 59.7 Å². The summed E-state index contributed by atoms with van der Waals surface area (Å²) in [6, 6.07) is 17.9. The zero-order valence-electron chi connectivity index (χ0n) is 13.9. The number of nitrogens with zero attached hydrogens (tertiary/aromatic N) is 1. The zero-order chi connectivity index (χ0) is 15.4. The van der Waals surface area contributed by atoms with Crippen LogP contribution in [0.1, 0.15) is 35.1 Å². The predicted molar refractivity (Wildman–Crippen MR) is 94.1 cm³/mol. The molecule has 1 heteroatoms. The molecular weight excluding hydrogens is 266 g/mol. The van der Waals surface area contributed by atoms with Gasteiger partial charge >= 0.3 is 0 Å². The number of aryl methyl sites for hydroxylation is 2. The molecule has 0 N–H and O–H groups in total. The first kappa shape index (κ1) is 15.3. The van der Waals surface area contributed by atoms with Crippen LogP contribution >= 0.6 is 0 Å². The van der Waals surface area contributed by atoms with Gasteiger partial charge in [0.15, 0.2) is 0 Å². The van der Waals surface area contributed by atoms with E-state index < -0.39 is 0 Å². The van der Waals surface area contributed by atoms with Crippen molar-refractivity contribution in [2.24, 2.45) is 5.92 Å². The Balaban J connectivity index is 1.51. The highest BCUT2D eigenvalue weighted by Gasteiger charge is 2.19. The molecule has 0 spiro atoms. The summed E-state index contributed by atoms with van der Waals surface area (Å²) >= 11 is 0. The number of likely N-dealkylation sites (tertiary alicyclic amines) is 1. The van der Waals surface area contributed by atoms with E-state index in [1.807, 2.05) is 0 Å². The maximum absolute atomic E-state index is 2.62. The second kappa shape index (κ2) is 7.11. The summed E-state index contributed by atoms with van der Waals surface area (Å²) in [6.45, 7) is 7.99. The summed E-state index contributed by atoms with van der Waals surface area (Å²) in [5, 5.41) is 0. The van der Waals surface area contributed by atoms with Crippen molar-refractivity contribution in [1.82, 2.24) is 4.90 Å². The molecule has 0 saturated carbocycles. The summed E-state index contributed by atoms with van der Waals surface area (Å²) in [4.78, 5) is 2.62. The second-order valence-corrected chi connectivity index (χ2v) is 6.91. The third kappa shape index (κ3) is 4.20. The fraction of sp³-hybridized carbons (Fsp3) is 0.429. The highest BCUT2D eigenvalue weighted by molar-refractivity contribution is 5.28. The molecule has 0 bridgehead atoms. The van der Waals surface area contributed by atoms with Crippen molar-refractivity contribution in [2.45, 2.75) is 39.7 Å². The Kier molecular flexibility index (Phi) is 4.94. The molecule has 0 atom stereocenters. The van der Waals surface area contributed by atoms with Gasteiger partial charge in [0.2, 0.25) is 0 Å². The number of hydrogen-bond donors (Lipinski definition) is 0. The van der Waals surface area contributed by atoms with Crippen LogP contribution in [0.25, 0.3) is 0 Å². The molecule has 1 fully saturated rings. The molecule has 0 amide bonds.